The Hall–Kier alpha value is 0.467. The van der Waals surface area contributed by atoms with Gasteiger partial charge in [0.2, 0.25) is 0 Å². The first-order chi connectivity index (χ1) is 10.4. The Morgan fingerprint density at radius 1 is 0.636 bits per heavy atom. The first-order valence-electron chi connectivity index (χ1n) is 9.11. The summed E-state index contributed by atoms with van der Waals surface area (Å²) in [5.74, 6) is 0. The molecule has 0 fully saturated rings. The molecule has 0 spiro atoms. The molecule has 6 heteroatoms. The van der Waals surface area contributed by atoms with Gasteiger partial charge in [0, 0.05) is 0 Å². The van der Waals surface area contributed by atoms with E-state index in [4.69, 9.17) is 17.5 Å². The van der Waals surface area contributed by atoms with E-state index in [2.05, 4.69) is 24.6 Å². The van der Waals surface area contributed by atoms with Gasteiger partial charge in [-0.3, -0.25) is 9.11 Å². The van der Waals surface area contributed by atoms with Gasteiger partial charge in [-0.05, 0) is 0 Å². The molecule has 0 saturated heterocycles. The SMILES string of the molecule is O=S(=O)(O)O.[Li][CH2]CCCCCCCCCCCCCCC. The van der Waals surface area contributed by atoms with Crippen LogP contribution in [-0.2, 0) is 10.4 Å². The Morgan fingerprint density at radius 2 is 0.864 bits per heavy atom. The van der Waals surface area contributed by atoms with Crippen LogP contribution in [0.25, 0.3) is 0 Å². The molecule has 0 rings (SSSR count). The summed E-state index contributed by atoms with van der Waals surface area (Å²) in [6, 6.07) is 0. The summed E-state index contributed by atoms with van der Waals surface area (Å²) in [5.41, 5.74) is 0. The van der Waals surface area contributed by atoms with Crippen molar-refractivity contribution in [1.82, 2.24) is 0 Å². The van der Waals surface area contributed by atoms with Crippen molar-refractivity contribution in [3.8, 4) is 0 Å². The fourth-order valence-electron chi connectivity index (χ4n) is 2.44. The molecule has 0 bridgehead atoms. The predicted molar refractivity (Wildman–Crippen MR) is 95.1 cm³/mol. The maximum absolute atomic E-state index is 8.74. The van der Waals surface area contributed by atoms with E-state index < -0.39 is 10.4 Å². The molecule has 0 aromatic heterocycles. The van der Waals surface area contributed by atoms with Crippen LogP contribution in [0.4, 0.5) is 0 Å². The Kier molecular flexibility index (Phi) is 21.9. The van der Waals surface area contributed by atoms with E-state index in [1.165, 1.54) is 95.0 Å². The zero-order valence-electron chi connectivity index (χ0n) is 14.7. The van der Waals surface area contributed by atoms with Crippen LogP contribution < -0.4 is 0 Å². The molecule has 0 aliphatic carbocycles. The van der Waals surface area contributed by atoms with E-state index >= 15 is 0 Å². The summed E-state index contributed by atoms with van der Waals surface area (Å²) in [5, 5.41) is 1.37. The summed E-state index contributed by atoms with van der Waals surface area (Å²) in [4.78, 5) is 0. The van der Waals surface area contributed by atoms with Crippen LogP contribution >= 0.6 is 0 Å². The molecule has 0 unspecified atom stereocenters. The van der Waals surface area contributed by atoms with Crippen LogP contribution in [-0.4, -0.2) is 35.2 Å². The van der Waals surface area contributed by atoms with Crippen molar-refractivity contribution in [3.63, 3.8) is 0 Å². The molecular weight excluding hydrogens is 295 g/mol. The average molecular weight is 330 g/mol. The van der Waals surface area contributed by atoms with Crippen LogP contribution in [0, 0.1) is 0 Å². The normalized spacial score (nSPS) is 11.1. The number of unbranched alkanes of at least 4 members (excludes halogenated alkanes) is 13. The van der Waals surface area contributed by atoms with Gasteiger partial charge >= 0.3 is 104 Å². The van der Waals surface area contributed by atoms with E-state index in [1.54, 1.807) is 0 Å². The van der Waals surface area contributed by atoms with Crippen LogP contribution in [0.15, 0.2) is 0 Å². The molecule has 0 aromatic carbocycles. The first-order valence-corrected chi connectivity index (χ1v) is 10.5. The molecule has 130 valence electrons. The third kappa shape index (κ3) is 37.1. The van der Waals surface area contributed by atoms with Crippen molar-refractivity contribution in [2.45, 2.75) is 102 Å². The predicted octanol–water partition coefficient (Wildman–Crippen LogP) is 5.40. The number of hydrogen-bond donors (Lipinski definition) is 2. The van der Waals surface area contributed by atoms with Gasteiger partial charge in [0.05, 0.1) is 0 Å². The molecule has 22 heavy (non-hydrogen) atoms. The fourth-order valence-corrected chi connectivity index (χ4v) is 2.44. The van der Waals surface area contributed by atoms with Gasteiger partial charge in [-0.2, -0.15) is 8.42 Å². The molecular formula is C16H35LiO4S. The molecule has 0 aliphatic rings. The third-order valence-corrected chi connectivity index (χ3v) is 3.71. The topological polar surface area (TPSA) is 74.6 Å². The number of rotatable bonds is 14. The van der Waals surface area contributed by atoms with E-state index in [1.807, 2.05) is 0 Å². The zero-order chi connectivity index (χ0) is 17.1. The minimum atomic E-state index is -4.67. The maximum atomic E-state index is 8.74. The van der Waals surface area contributed by atoms with Gasteiger partial charge in [0.25, 0.3) is 0 Å². The number of hydrogen-bond acceptors (Lipinski definition) is 2. The van der Waals surface area contributed by atoms with Gasteiger partial charge in [-0.1, -0.05) is 26.2 Å². The zero-order valence-corrected chi connectivity index (χ0v) is 15.5. The smallest absolute Gasteiger partial charge is 0.0654 e. The molecule has 0 aromatic rings. The van der Waals surface area contributed by atoms with Crippen LogP contribution in [0.2, 0.25) is 5.09 Å². The molecule has 2 N–H and O–H groups in total. The minimum absolute atomic E-state index is 1.37. The Morgan fingerprint density at radius 3 is 1.09 bits per heavy atom. The van der Waals surface area contributed by atoms with Crippen molar-refractivity contribution in [3.05, 3.63) is 0 Å². The Bertz CT molecular complexity index is 273. The van der Waals surface area contributed by atoms with E-state index in [-0.39, 0.29) is 0 Å². The van der Waals surface area contributed by atoms with Gasteiger partial charge in [-0.25, -0.2) is 0 Å². The monoisotopic (exact) mass is 330 g/mol. The average Bonchev–Trinajstić information content (AvgIpc) is 2.42. The molecule has 0 saturated carbocycles. The van der Waals surface area contributed by atoms with Gasteiger partial charge in [0.15, 0.2) is 0 Å². The summed E-state index contributed by atoms with van der Waals surface area (Å²) < 4.78 is 31.6. The Balaban J connectivity index is 0. The molecule has 0 aliphatic heterocycles. The van der Waals surface area contributed by atoms with Gasteiger partial charge in [0.1, 0.15) is 0 Å². The van der Waals surface area contributed by atoms with Crippen molar-refractivity contribution >= 4 is 28.1 Å². The van der Waals surface area contributed by atoms with Crippen LogP contribution in [0.3, 0.4) is 0 Å². The van der Waals surface area contributed by atoms with Gasteiger partial charge in [-0.15, -0.1) is 0 Å². The Labute approximate surface area is 147 Å². The summed E-state index contributed by atoms with van der Waals surface area (Å²) in [6.07, 6.45) is 20.5. The molecule has 0 atom stereocenters. The first kappa shape index (κ1) is 24.7. The standard InChI is InChI=1S/C16H33.Li.H2O4S/c1-3-5-7-9-11-13-15-16-14-12-10-8-6-4-2;;1-5(2,3)4/h1,3-16H2,2H3;;(H2,1,2,3,4). The third-order valence-electron chi connectivity index (χ3n) is 3.71. The quantitative estimate of drug-likeness (QED) is 0.254. The molecule has 4 nitrogen and oxygen atoms in total. The van der Waals surface area contributed by atoms with E-state index in [0.717, 1.165) is 0 Å². The van der Waals surface area contributed by atoms with E-state index in [9.17, 15) is 0 Å². The van der Waals surface area contributed by atoms with Crippen molar-refractivity contribution in [1.29, 1.82) is 0 Å². The van der Waals surface area contributed by atoms with Crippen molar-refractivity contribution in [2.24, 2.45) is 0 Å². The second-order valence-corrected chi connectivity index (χ2v) is 6.94. The second kappa shape index (κ2) is 19.5. The van der Waals surface area contributed by atoms with Crippen LogP contribution in [0.1, 0.15) is 96.8 Å². The van der Waals surface area contributed by atoms with Gasteiger partial charge < -0.3 is 0 Å². The second-order valence-electron chi connectivity index (χ2n) is 6.04. The summed E-state index contributed by atoms with van der Waals surface area (Å²) in [6.45, 7) is 2.29. The van der Waals surface area contributed by atoms with Crippen LogP contribution in [0.5, 0.6) is 0 Å². The summed E-state index contributed by atoms with van der Waals surface area (Å²) >= 11 is 2.29. The van der Waals surface area contributed by atoms with E-state index in [0.29, 0.717) is 0 Å². The minimum Gasteiger partial charge on any atom is -0.0654 e. The molecule has 0 heterocycles. The van der Waals surface area contributed by atoms with Crippen molar-refractivity contribution in [2.75, 3.05) is 0 Å². The summed E-state index contributed by atoms with van der Waals surface area (Å²) in [7, 11) is -4.67. The van der Waals surface area contributed by atoms with Crippen molar-refractivity contribution < 1.29 is 17.5 Å². The molecule has 0 radical (unpaired) electrons. The fraction of sp³-hybridized carbons (Fsp3) is 1.00. The molecule has 0 amide bonds.